The molecule has 47 heavy (non-hydrogen) atoms. The van der Waals surface area contributed by atoms with Gasteiger partial charge in [0.2, 0.25) is 0 Å². The van der Waals surface area contributed by atoms with Crippen LogP contribution >= 0.6 is 0 Å². The van der Waals surface area contributed by atoms with E-state index in [1.54, 1.807) is 24.3 Å². The molecule has 0 heterocycles. The normalized spacial score (nSPS) is 13.5. The second-order valence-corrected chi connectivity index (χ2v) is 14.2. The topological polar surface area (TPSA) is 20.3 Å². The molecule has 0 fully saturated rings. The van der Waals surface area contributed by atoms with Gasteiger partial charge in [0.15, 0.2) is 0 Å². The molecule has 2 aliphatic carbocycles. The fourth-order valence-electron chi connectivity index (χ4n) is 5.66. The van der Waals surface area contributed by atoms with E-state index in [2.05, 4.69) is 75.4 Å². The molecule has 0 aliphatic heterocycles. The van der Waals surface area contributed by atoms with Crippen molar-refractivity contribution in [2.45, 2.75) is 38.8 Å². The van der Waals surface area contributed by atoms with Gasteiger partial charge in [0.25, 0.3) is 6.08 Å². The molecule has 0 aromatic heterocycles. The maximum Gasteiger partial charge on any atom is 0.399 e. The van der Waals surface area contributed by atoms with E-state index in [9.17, 15) is 13.2 Å². The van der Waals surface area contributed by atoms with Gasteiger partial charge in [0.1, 0.15) is 0 Å². The maximum absolute atomic E-state index is 14.1. The van der Waals surface area contributed by atoms with Crippen molar-refractivity contribution in [3.8, 4) is 0 Å². The Bertz CT molecular complexity index is 1820. The number of nitrogens with zero attached hydrogens (tertiary/aromatic N) is 1. The zero-order chi connectivity index (χ0) is 32.7. The first-order valence-corrected chi connectivity index (χ1v) is 17.1. The van der Waals surface area contributed by atoms with Crippen LogP contribution in [0.3, 0.4) is 0 Å². The van der Waals surface area contributed by atoms with Crippen LogP contribution in [-0.2, 0) is 26.2 Å². The van der Waals surface area contributed by atoms with Gasteiger partial charge in [-0.2, -0.15) is 8.78 Å². The molecule has 6 heteroatoms. The van der Waals surface area contributed by atoms with Crippen molar-refractivity contribution in [1.82, 2.24) is 4.57 Å². The van der Waals surface area contributed by atoms with E-state index in [1.807, 2.05) is 72.3 Å². The Labute approximate surface area is 294 Å². The van der Waals surface area contributed by atoms with Crippen LogP contribution in [0.1, 0.15) is 60.6 Å². The number of hydrogen-bond donors (Lipinski definition) is 0. The summed E-state index contributed by atoms with van der Waals surface area (Å²) in [7, 11) is -0.0734. The molecule has 2 aliphatic rings. The first-order valence-electron chi connectivity index (χ1n) is 15.5. The molecule has 2 nitrogen and oxygen atoms in total. The van der Waals surface area contributed by atoms with Crippen molar-refractivity contribution in [2.75, 3.05) is 7.05 Å². The standard InChI is InChI=1S/C25H25F2NOSi.C16H14.Ti/c1-25(2,3)28(4)30(29)15-16-13-21-17-9-5-7-11-19(17)23(24(26)27)20-12-8-6-10-18(20)22(21)14-16;1-3-9-15(10-4-1)13-7-8-14-16-11-5-2-6-12-16;/h5-13H,14-15H2,1-4H3;1-14H;. The first kappa shape index (κ1) is 35.8. The van der Waals surface area contributed by atoms with Crippen molar-refractivity contribution in [1.29, 1.82) is 0 Å². The molecule has 6 rings (SSSR count). The quantitative estimate of drug-likeness (QED) is 0.150. The number of allylic oxidation sites excluding steroid dienone is 6. The summed E-state index contributed by atoms with van der Waals surface area (Å²) in [5, 5.41) is 0. The van der Waals surface area contributed by atoms with Gasteiger partial charge in [-0.05, 0) is 71.7 Å². The van der Waals surface area contributed by atoms with Crippen molar-refractivity contribution < 1.29 is 35.0 Å². The summed E-state index contributed by atoms with van der Waals surface area (Å²) in [5.41, 5.74) is 8.14. The summed E-state index contributed by atoms with van der Waals surface area (Å²) in [6.07, 6.45) is 9.35. The number of hydrogen-bond acceptors (Lipinski definition) is 1. The second kappa shape index (κ2) is 16.2. The number of rotatable bonds is 6. The van der Waals surface area contributed by atoms with Gasteiger partial charge in [0, 0.05) is 40.3 Å². The predicted molar refractivity (Wildman–Crippen MR) is 190 cm³/mol. The van der Waals surface area contributed by atoms with Gasteiger partial charge >= 0.3 is 8.84 Å². The van der Waals surface area contributed by atoms with E-state index < -0.39 is 14.9 Å². The molecule has 0 saturated heterocycles. The maximum atomic E-state index is 14.1. The Balaban J connectivity index is 0.000000249. The molecule has 0 spiro atoms. The third-order valence-corrected chi connectivity index (χ3v) is 10.5. The van der Waals surface area contributed by atoms with Crippen LogP contribution in [0, 0.1) is 0 Å². The number of benzene rings is 4. The van der Waals surface area contributed by atoms with Crippen LogP contribution in [0.25, 0.3) is 28.9 Å². The van der Waals surface area contributed by atoms with Crippen molar-refractivity contribution in [3.05, 3.63) is 172 Å². The van der Waals surface area contributed by atoms with Gasteiger partial charge in [-0.3, -0.25) is 0 Å². The Hall–Kier alpha value is -4.03. The SMILES string of the molecule is C(C=Cc1ccccc1)=Cc1ccccc1.CN([Si](=O)CC1=CC2=C(C1)c1ccccc1C(=C(F)F)c1ccccc12)C(C)(C)C.[Ti]. The van der Waals surface area contributed by atoms with Crippen LogP contribution in [0.5, 0.6) is 0 Å². The minimum absolute atomic E-state index is 0. The first-order chi connectivity index (χ1) is 22.1. The Kier molecular flexibility index (Phi) is 12.3. The zero-order valence-corrected chi connectivity index (χ0v) is 29.9. The average Bonchev–Trinajstić information content (AvgIpc) is 3.42. The fraction of sp³-hybridized carbons (Fsp3) is 0.171. The average molecular weight is 676 g/mol. The summed E-state index contributed by atoms with van der Waals surface area (Å²) in [5.74, 6) is 0. The molecule has 0 radical (unpaired) electrons. The summed E-state index contributed by atoms with van der Waals surface area (Å²) >= 11 is 0. The molecule has 0 N–H and O–H groups in total. The Morgan fingerprint density at radius 2 is 1.17 bits per heavy atom. The van der Waals surface area contributed by atoms with E-state index in [0.717, 1.165) is 27.8 Å². The van der Waals surface area contributed by atoms with E-state index in [-0.39, 0.29) is 32.8 Å². The van der Waals surface area contributed by atoms with E-state index in [1.165, 1.54) is 11.1 Å². The molecule has 4 aromatic carbocycles. The summed E-state index contributed by atoms with van der Waals surface area (Å²) in [6.45, 7) is 6.16. The Morgan fingerprint density at radius 1 is 0.723 bits per heavy atom. The largest absolute Gasteiger partial charge is 0.399 e. The molecular formula is C41H39F2NOSiTi. The minimum Gasteiger partial charge on any atom is -0.375 e. The molecule has 0 saturated carbocycles. The minimum atomic E-state index is -1.98. The third-order valence-electron chi connectivity index (χ3n) is 8.32. The molecule has 0 unspecified atom stereocenters. The van der Waals surface area contributed by atoms with E-state index in [0.29, 0.717) is 23.6 Å². The number of fused-ring (bicyclic) bond motifs is 4. The van der Waals surface area contributed by atoms with Crippen LogP contribution < -0.4 is 0 Å². The summed E-state index contributed by atoms with van der Waals surface area (Å²) in [6, 6.07) is 35.8. The van der Waals surface area contributed by atoms with Gasteiger partial charge in [0.05, 0.1) is 5.57 Å². The van der Waals surface area contributed by atoms with Crippen LogP contribution in [-0.4, -0.2) is 26.0 Å². The number of halogens is 2. The van der Waals surface area contributed by atoms with Gasteiger partial charge < -0.3 is 9.03 Å². The summed E-state index contributed by atoms with van der Waals surface area (Å²) in [4.78, 5) is 0. The van der Waals surface area contributed by atoms with Crippen LogP contribution in [0.2, 0.25) is 6.04 Å². The van der Waals surface area contributed by atoms with Gasteiger partial charge in [-0.1, -0.05) is 145 Å². The Morgan fingerprint density at radius 3 is 1.66 bits per heavy atom. The molecule has 0 amide bonds. The molecular weight excluding hydrogens is 636 g/mol. The van der Waals surface area contributed by atoms with E-state index in [4.69, 9.17) is 0 Å². The van der Waals surface area contributed by atoms with E-state index >= 15 is 0 Å². The van der Waals surface area contributed by atoms with Gasteiger partial charge in [-0.25, -0.2) is 0 Å². The zero-order valence-electron chi connectivity index (χ0n) is 27.3. The van der Waals surface area contributed by atoms with Crippen molar-refractivity contribution in [3.63, 3.8) is 0 Å². The third kappa shape index (κ3) is 8.87. The van der Waals surface area contributed by atoms with Crippen molar-refractivity contribution >= 4 is 37.7 Å². The smallest absolute Gasteiger partial charge is 0.375 e. The molecule has 0 atom stereocenters. The second-order valence-electron chi connectivity index (χ2n) is 12.4. The fourth-order valence-corrected chi connectivity index (χ4v) is 7.26. The predicted octanol–water partition coefficient (Wildman–Crippen LogP) is 11.0. The van der Waals surface area contributed by atoms with Crippen LogP contribution in [0.15, 0.2) is 139 Å². The van der Waals surface area contributed by atoms with Crippen molar-refractivity contribution in [2.24, 2.45) is 0 Å². The summed E-state index contributed by atoms with van der Waals surface area (Å²) < 4.78 is 43.1. The molecule has 236 valence electrons. The monoisotopic (exact) mass is 675 g/mol. The molecule has 4 aromatic rings. The van der Waals surface area contributed by atoms with Crippen LogP contribution in [0.4, 0.5) is 8.78 Å². The molecule has 0 bridgehead atoms. The van der Waals surface area contributed by atoms with Gasteiger partial charge in [-0.15, -0.1) is 0 Å².